The summed E-state index contributed by atoms with van der Waals surface area (Å²) in [5, 5.41) is 4.73. The molecule has 5 heteroatoms. The lowest BCUT2D eigenvalue weighted by molar-refractivity contribution is -0.121. The smallest absolute Gasteiger partial charge is 0.220 e. The van der Waals surface area contributed by atoms with Gasteiger partial charge in [-0.25, -0.2) is 0 Å². The molecular formula is C18H22N2O2S. The molecule has 0 atom stereocenters. The zero-order valence-electron chi connectivity index (χ0n) is 13.5. The summed E-state index contributed by atoms with van der Waals surface area (Å²) in [6, 6.07) is 11.8. The minimum absolute atomic E-state index is 0.0307. The van der Waals surface area contributed by atoms with E-state index in [0.29, 0.717) is 11.4 Å². The Morgan fingerprint density at radius 2 is 1.74 bits per heavy atom. The van der Waals surface area contributed by atoms with E-state index in [1.54, 1.807) is 6.07 Å². The minimum Gasteiger partial charge on any atom is -0.352 e. The average Bonchev–Trinajstić information content (AvgIpc) is 3.06. The van der Waals surface area contributed by atoms with E-state index in [4.69, 9.17) is 0 Å². The number of nitrogens with zero attached hydrogens (tertiary/aromatic N) is 1. The van der Waals surface area contributed by atoms with Gasteiger partial charge in [-0.2, -0.15) is 0 Å². The first-order valence-electron chi connectivity index (χ1n) is 7.60. The predicted molar refractivity (Wildman–Crippen MR) is 93.6 cm³/mol. The first-order valence-corrected chi connectivity index (χ1v) is 8.48. The van der Waals surface area contributed by atoms with Crippen molar-refractivity contribution in [2.45, 2.75) is 25.9 Å². The molecule has 0 saturated carbocycles. The second kappa shape index (κ2) is 8.60. The normalized spacial score (nSPS) is 10.7. The molecule has 0 spiro atoms. The van der Waals surface area contributed by atoms with Crippen molar-refractivity contribution in [1.82, 2.24) is 10.2 Å². The van der Waals surface area contributed by atoms with Gasteiger partial charge in [-0.05, 0) is 36.7 Å². The van der Waals surface area contributed by atoms with Crippen molar-refractivity contribution >= 4 is 23.0 Å². The van der Waals surface area contributed by atoms with Gasteiger partial charge in [-0.1, -0.05) is 30.3 Å². The van der Waals surface area contributed by atoms with Crippen molar-refractivity contribution in [3.05, 3.63) is 57.8 Å². The highest BCUT2D eigenvalue weighted by Crippen LogP contribution is 2.12. The molecule has 0 aliphatic carbocycles. The van der Waals surface area contributed by atoms with E-state index in [9.17, 15) is 9.59 Å². The van der Waals surface area contributed by atoms with E-state index >= 15 is 0 Å². The summed E-state index contributed by atoms with van der Waals surface area (Å²) in [6.45, 7) is 1.39. The van der Waals surface area contributed by atoms with Crippen molar-refractivity contribution in [3.63, 3.8) is 0 Å². The van der Waals surface area contributed by atoms with E-state index in [2.05, 4.69) is 22.3 Å². The van der Waals surface area contributed by atoms with Crippen molar-refractivity contribution in [2.75, 3.05) is 14.1 Å². The van der Waals surface area contributed by atoms with Gasteiger partial charge in [0.05, 0.1) is 4.88 Å². The quantitative estimate of drug-likeness (QED) is 0.757. The van der Waals surface area contributed by atoms with Crippen LogP contribution >= 0.6 is 11.3 Å². The highest BCUT2D eigenvalue weighted by molar-refractivity contribution is 7.12. The summed E-state index contributed by atoms with van der Waals surface area (Å²) in [5.74, 6) is -0.0598. The summed E-state index contributed by atoms with van der Waals surface area (Å²) < 4.78 is 0. The van der Waals surface area contributed by atoms with Gasteiger partial charge in [0, 0.05) is 25.9 Å². The van der Waals surface area contributed by atoms with Crippen LogP contribution < -0.4 is 5.32 Å². The number of rotatable bonds is 8. The molecule has 0 radical (unpaired) electrons. The lowest BCUT2D eigenvalue weighted by atomic mass is 10.1. The van der Waals surface area contributed by atoms with Crippen LogP contribution in [0.25, 0.3) is 0 Å². The highest BCUT2D eigenvalue weighted by atomic mass is 32.1. The van der Waals surface area contributed by atoms with Crippen LogP contribution in [0.15, 0.2) is 41.8 Å². The molecule has 0 saturated heterocycles. The minimum atomic E-state index is -0.0905. The maximum Gasteiger partial charge on any atom is 0.220 e. The van der Waals surface area contributed by atoms with Crippen molar-refractivity contribution in [1.29, 1.82) is 0 Å². The number of nitrogens with one attached hydrogen (secondary N) is 1. The fourth-order valence-corrected chi connectivity index (χ4v) is 2.90. The second-order valence-electron chi connectivity index (χ2n) is 5.73. The molecule has 0 aliphatic rings. The lowest BCUT2D eigenvalue weighted by Gasteiger charge is -2.10. The molecule has 1 N–H and O–H groups in total. The molecule has 0 fully saturated rings. The van der Waals surface area contributed by atoms with Crippen molar-refractivity contribution in [2.24, 2.45) is 0 Å². The van der Waals surface area contributed by atoms with Gasteiger partial charge in [0.15, 0.2) is 5.78 Å². The second-order valence-corrected chi connectivity index (χ2v) is 6.68. The maximum atomic E-state index is 11.8. The zero-order valence-corrected chi connectivity index (χ0v) is 14.4. The van der Waals surface area contributed by atoms with Crippen LogP contribution in [-0.4, -0.2) is 30.7 Å². The zero-order chi connectivity index (χ0) is 16.7. The van der Waals surface area contributed by atoms with Gasteiger partial charge in [-0.3, -0.25) is 9.59 Å². The van der Waals surface area contributed by atoms with Gasteiger partial charge in [0.25, 0.3) is 0 Å². The molecule has 0 aliphatic heterocycles. The number of hydrogen-bond donors (Lipinski definition) is 1. The van der Waals surface area contributed by atoms with Crippen LogP contribution in [0.4, 0.5) is 0 Å². The molecule has 0 unspecified atom stereocenters. The van der Waals surface area contributed by atoms with Crippen LogP contribution in [0, 0.1) is 0 Å². The topological polar surface area (TPSA) is 49.4 Å². The van der Waals surface area contributed by atoms with E-state index in [-0.39, 0.29) is 24.5 Å². The Morgan fingerprint density at radius 3 is 2.35 bits per heavy atom. The van der Waals surface area contributed by atoms with Crippen molar-refractivity contribution < 1.29 is 9.59 Å². The number of ketones is 1. The van der Waals surface area contributed by atoms with E-state index in [1.807, 2.05) is 37.7 Å². The van der Waals surface area contributed by atoms with Gasteiger partial charge < -0.3 is 10.2 Å². The third-order valence-corrected chi connectivity index (χ3v) is 4.30. The van der Waals surface area contributed by atoms with Crippen LogP contribution in [0.2, 0.25) is 0 Å². The molecule has 122 valence electrons. The first-order chi connectivity index (χ1) is 11.0. The third-order valence-electron chi connectivity index (χ3n) is 3.39. The highest BCUT2D eigenvalue weighted by Gasteiger charge is 2.09. The maximum absolute atomic E-state index is 11.8. The summed E-state index contributed by atoms with van der Waals surface area (Å²) >= 11 is 1.41. The summed E-state index contributed by atoms with van der Waals surface area (Å²) in [6.07, 6.45) is 0.490. The monoisotopic (exact) mass is 330 g/mol. The largest absolute Gasteiger partial charge is 0.352 e. The van der Waals surface area contributed by atoms with Gasteiger partial charge in [0.1, 0.15) is 0 Å². The number of thiophene rings is 1. The third kappa shape index (κ3) is 5.96. The molecule has 1 amide bonds. The molecule has 23 heavy (non-hydrogen) atoms. The average molecular weight is 330 g/mol. The molecule has 4 nitrogen and oxygen atoms in total. The fourth-order valence-electron chi connectivity index (χ4n) is 2.20. The van der Waals surface area contributed by atoms with Gasteiger partial charge in [-0.15, -0.1) is 11.3 Å². The Morgan fingerprint density at radius 1 is 1.04 bits per heavy atom. The number of benzene rings is 1. The lowest BCUT2D eigenvalue weighted by Crippen LogP contribution is -2.23. The molecule has 1 aromatic heterocycles. The summed E-state index contributed by atoms with van der Waals surface area (Å²) in [4.78, 5) is 26.5. The van der Waals surface area contributed by atoms with E-state index < -0.39 is 0 Å². The van der Waals surface area contributed by atoms with E-state index in [1.165, 1.54) is 16.9 Å². The van der Waals surface area contributed by atoms with Gasteiger partial charge >= 0.3 is 0 Å². The Kier molecular flexibility index (Phi) is 6.50. The fraction of sp³-hybridized carbons (Fsp3) is 0.333. The number of carbonyl (C=O) groups excluding carboxylic acids is 2. The Hall–Kier alpha value is -1.98. The molecule has 2 aromatic rings. The standard InChI is InChI=1S/C18H22N2O2S/c1-20(2)13-15-7-5-14(6-8-15)12-19-18(22)10-9-16(21)17-4-3-11-23-17/h3-8,11H,9-10,12-13H2,1-2H3,(H,19,22). The van der Waals surface area contributed by atoms with Gasteiger partial charge in [0.2, 0.25) is 5.91 Å². The molecule has 2 rings (SSSR count). The molecule has 1 aromatic carbocycles. The Balaban J connectivity index is 1.72. The number of Topliss-reactive ketones (excluding diaryl/α,β-unsaturated/α-hetero) is 1. The summed E-state index contributed by atoms with van der Waals surface area (Å²) in [5.41, 5.74) is 2.30. The SMILES string of the molecule is CN(C)Cc1ccc(CNC(=O)CCC(=O)c2cccs2)cc1. The first kappa shape index (κ1) is 17.4. The van der Waals surface area contributed by atoms with Crippen LogP contribution in [0.5, 0.6) is 0 Å². The van der Waals surface area contributed by atoms with Crippen LogP contribution in [-0.2, 0) is 17.9 Å². The number of carbonyl (C=O) groups is 2. The predicted octanol–water partition coefficient (Wildman–Crippen LogP) is 3.09. The van der Waals surface area contributed by atoms with Crippen molar-refractivity contribution in [3.8, 4) is 0 Å². The van der Waals surface area contributed by atoms with E-state index in [0.717, 1.165) is 12.1 Å². The molecule has 1 heterocycles. The Bertz CT molecular complexity index is 634. The number of amides is 1. The Labute approximate surface area is 141 Å². The molecular weight excluding hydrogens is 308 g/mol. The number of hydrogen-bond acceptors (Lipinski definition) is 4. The van der Waals surface area contributed by atoms with Crippen LogP contribution in [0.1, 0.15) is 33.6 Å². The summed E-state index contributed by atoms with van der Waals surface area (Å²) in [7, 11) is 4.07. The van der Waals surface area contributed by atoms with Crippen LogP contribution in [0.3, 0.4) is 0 Å². The molecule has 0 bridgehead atoms.